The third-order valence-electron chi connectivity index (χ3n) is 5.92. The van der Waals surface area contributed by atoms with Crippen LogP contribution in [0, 0.1) is 0 Å². The number of aryl methyl sites for hydroxylation is 1. The number of hydrogen-bond donors (Lipinski definition) is 2. The smallest absolute Gasteiger partial charge is 0.248 e. The van der Waals surface area contributed by atoms with Gasteiger partial charge in [-0.05, 0) is 53.3 Å². The molecule has 5 heteroatoms. The highest BCUT2D eigenvalue weighted by Gasteiger charge is 2.18. The summed E-state index contributed by atoms with van der Waals surface area (Å²) in [5, 5.41) is 11.5. The highest BCUT2D eigenvalue weighted by atomic mass is 16.3. The number of aromatic nitrogens is 1. The van der Waals surface area contributed by atoms with Gasteiger partial charge in [-0.3, -0.25) is 9.69 Å². The summed E-state index contributed by atoms with van der Waals surface area (Å²) in [6, 6.07) is 18.2. The first-order chi connectivity index (χ1) is 15.1. The lowest BCUT2D eigenvalue weighted by molar-refractivity contribution is 0.142. The minimum absolute atomic E-state index is 0.0974. The fraction of sp³-hybridized carbons (Fsp3) is 0.346. The molecule has 0 bridgehead atoms. The van der Waals surface area contributed by atoms with E-state index in [4.69, 9.17) is 0 Å². The Morgan fingerprint density at radius 1 is 1.03 bits per heavy atom. The zero-order chi connectivity index (χ0) is 21.6. The standard InChI is InChI=1S/C26H31N3O2/c1-2-3-20-4-9-23(10-5-20)29-16-14-28(15-17-29)19-24(30)11-6-21-7-12-25-22(18-21)8-13-26(31)27-25/h4-13,18,24,30H,2-3,14-17,19H2,1H3,(H,27,31)/b11-6+/t24-/m0/s1. The first-order valence-electron chi connectivity index (χ1n) is 11.2. The largest absolute Gasteiger partial charge is 0.388 e. The lowest BCUT2D eigenvalue weighted by atomic mass is 10.1. The molecule has 5 nitrogen and oxygen atoms in total. The number of aliphatic hydroxyl groups is 1. The van der Waals surface area contributed by atoms with Crippen LogP contribution >= 0.6 is 0 Å². The van der Waals surface area contributed by atoms with Gasteiger partial charge in [0.1, 0.15) is 0 Å². The molecular weight excluding hydrogens is 386 g/mol. The van der Waals surface area contributed by atoms with Gasteiger partial charge in [-0.25, -0.2) is 0 Å². The van der Waals surface area contributed by atoms with E-state index in [1.807, 2.05) is 36.4 Å². The fourth-order valence-corrected chi connectivity index (χ4v) is 4.17. The van der Waals surface area contributed by atoms with E-state index in [9.17, 15) is 9.90 Å². The van der Waals surface area contributed by atoms with Crippen LogP contribution in [0.2, 0.25) is 0 Å². The Kier molecular flexibility index (Phi) is 6.85. The first-order valence-corrected chi connectivity index (χ1v) is 11.2. The molecule has 0 spiro atoms. The van der Waals surface area contributed by atoms with Crippen LogP contribution in [0.3, 0.4) is 0 Å². The topological polar surface area (TPSA) is 59.6 Å². The molecule has 162 valence electrons. The minimum Gasteiger partial charge on any atom is -0.388 e. The number of nitrogens with zero attached hydrogens (tertiary/aromatic N) is 2. The number of β-amino-alcohol motifs (C(OH)–C–C–N with tert-alkyl or cyclic N) is 1. The number of fused-ring (bicyclic) bond motifs is 1. The predicted octanol–water partition coefficient (Wildman–Crippen LogP) is 3.68. The van der Waals surface area contributed by atoms with Crippen molar-refractivity contribution in [2.45, 2.75) is 25.9 Å². The second-order valence-electron chi connectivity index (χ2n) is 8.30. The van der Waals surface area contributed by atoms with E-state index in [1.54, 1.807) is 0 Å². The summed E-state index contributed by atoms with van der Waals surface area (Å²) >= 11 is 0. The van der Waals surface area contributed by atoms with Crippen LogP contribution in [-0.4, -0.2) is 53.8 Å². The molecule has 1 saturated heterocycles. The Hall–Kier alpha value is -2.89. The molecule has 1 aromatic heterocycles. The Bertz CT molecular complexity index is 1080. The molecular formula is C26H31N3O2. The van der Waals surface area contributed by atoms with E-state index in [1.165, 1.54) is 23.7 Å². The van der Waals surface area contributed by atoms with Gasteiger partial charge in [0.2, 0.25) is 5.56 Å². The second-order valence-corrected chi connectivity index (χ2v) is 8.30. The second kappa shape index (κ2) is 9.94. The quantitative estimate of drug-likeness (QED) is 0.616. The monoisotopic (exact) mass is 417 g/mol. The number of aliphatic hydroxyl groups excluding tert-OH is 1. The summed E-state index contributed by atoms with van der Waals surface area (Å²) < 4.78 is 0. The molecule has 31 heavy (non-hydrogen) atoms. The third kappa shape index (κ3) is 5.63. The van der Waals surface area contributed by atoms with Crippen LogP contribution in [0.5, 0.6) is 0 Å². The van der Waals surface area contributed by atoms with Gasteiger partial charge in [0.15, 0.2) is 0 Å². The molecule has 1 aliphatic rings. The van der Waals surface area contributed by atoms with Gasteiger partial charge < -0.3 is 15.0 Å². The summed E-state index contributed by atoms with van der Waals surface area (Å²) in [5.74, 6) is 0. The van der Waals surface area contributed by atoms with Crippen LogP contribution in [0.1, 0.15) is 24.5 Å². The molecule has 1 aliphatic heterocycles. The maximum atomic E-state index is 11.4. The van der Waals surface area contributed by atoms with Gasteiger partial charge in [0.05, 0.1) is 6.10 Å². The SMILES string of the molecule is CCCc1ccc(N2CCN(C[C@@H](O)/C=C/c3ccc4[nH]c(=O)ccc4c3)CC2)cc1. The van der Waals surface area contributed by atoms with Gasteiger partial charge in [0.25, 0.3) is 0 Å². The highest BCUT2D eigenvalue weighted by molar-refractivity contribution is 5.81. The van der Waals surface area contributed by atoms with Crippen molar-refractivity contribution in [3.05, 3.63) is 82.2 Å². The fourth-order valence-electron chi connectivity index (χ4n) is 4.17. The number of hydrogen-bond acceptors (Lipinski definition) is 4. The Morgan fingerprint density at radius 2 is 1.81 bits per heavy atom. The van der Waals surface area contributed by atoms with Crippen LogP contribution < -0.4 is 10.5 Å². The van der Waals surface area contributed by atoms with Crippen molar-refractivity contribution < 1.29 is 5.11 Å². The summed E-state index contributed by atoms with van der Waals surface area (Å²) in [6.07, 6.45) is 5.61. The Labute approximate surface area is 183 Å². The number of benzene rings is 2. The van der Waals surface area contributed by atoms with Crippen LogP contribution in [0.15, 0.2) is 65.5 Å². The van der Waals surface area contributed by atoms with Gasteiger partial charge in [-0.1, -0.05) is 43.7 Å². The molecule has 0 amide bonds. The summed E-state index contributed by atoms with van der Waals surface area (Å²) in [6.45, 7) is 6.71. The lowest BCUT2D eigenvalue weighted by Gasteiger charge is -2.36. The number of piperazine rings is 1. The molecule has 0 saturated carbocycles. The van der Waals surface area contributed by atoms with Crippen molar-refractivity contribution in [2.24, 2.45) is 0 Å². The van der Waals surface area contributed by atoms with E-state index in [0.29, 0.717) is 6.54 Å². The van der Waals surface area contributed by atoms with Crippen molar-refractivity contribution >= 4 is 22.7 Å². The average Bonchev–Trinajstić information content (AvgIpc) is 2.79. The summed E-state index contributed by atoms with van der Waals surface area (Å²) in [4.78, 5) is 19.0. The van der Waals surface area contributed by atoms with Crippen molar-refractivity contribution in [1.82, 2.24) is 9.88 Å². The van der Waals surface area contributed by atoms with Gasteiger partial charge >= 0.3 is 0 Å². The minimum atomic E-state index is -0.508. The maximum Gasteiger partial charge on any atom is 0.248 e. The number of H-pyrrole nitrogens is 1. The van der Waals surface area contributed by atoms with E-state index >= 15 is 0 Å². The number of nitrogens with one attached hydrogen (secondary N) is 1. The first kappa shape index (κ1) is 21.3. The van der Waals surface area contributed by atoms with E-state index in [0.717, 1.165) is 49.1 Å². The number of anilines is 1. The van der Waals surface area contributed by atoms with Gasteiger partial charge in [-0.15, -0.1) is 0 Å². The summed E-state index contributed by atoms with van der Waals surface area (Å²) in [7, 11) is 0. The van der Waals surface area contributed by atoms with Gasteiger partial charge in [-0.2, -0.15) is 0 Å². The Morgan fingerprint density at radius 3 is 2.55 bits per heavy atom. The van der Waals surface area contributed by atoms with Crippen molar-refractivity contribution in [3.63, 3.8) is 0 Å². The zero-order valence-electron chi connectivity index (χ0n) is 18.1. The van der Waals surface area contributed by atoms with Crippen LogP contribution in [0.25, 0.3) is 17.0 Å². The summed E-state index contributed by atoms with van der Waals surface area (Å²) in [5.41, 5.74) is 4.43. The van der Waals surface area contributed by atoms with Crippen molar-refractivity contribution in [2.75, 3.05) is 37.6 Å². The highest BCUT2D eigenvalue weighted by Crippen LogP contribution is 2.18. The third-order valence-corrected chi connectivity index (χ3v) is 5.92. The number of aromatic amines is 1. The molecule has 2 N–H and O–H groups in total. The molecule has 1 fully saturated rings. The predicted molar refractivity (Wildman–Crippen MR) is 129 cm³/mol. The Balaban J connectivity index is 1.28. The van der Waals surface area contributed by atoms with Crippen molar-refractivity contribution in [3.8, 4) is 0 Å². The lowest BCUT2D eigenvalue weighted by Crippen LogP contribution is -2.48. The molecule has 0 radical (unpaired) electrons. The molecule has 4 rings (SSSR count). The zero-order valence-corrected chi connectivity index (χ0v) is 18.1. The normalized spacial score (nSPS) is 16.3. The van der Waals surface area contributed by atoms with E-state index in [2.05, 4.69) is 46.0 Å². The van der Waals surface area contributed by atoms with Crippen LogP contribution in [0.4, 0.5) is 5.69 Å². The van der Waals surface area contributed by atoms with Crippen molar-refractivity contribution in [1.29, 1.82) is 0 Å². The van der Waals surface area contributed by atoms with E-state index < -0.39 is 6.10 Å². The number of pyridine rings is 1. The molecule has 0 aliphatic carbocycles. The number of rotatable bonds is 7. The molecule has 2 heterocycles. The molecule has 0 unspecified atom stereocenters. The van der Waals surface area contributed by atoms with Crippen LogP contribution in [-0.2, 0) is 6.42 Å². The van der Waals surface area contributed by atoms with E-state index in [-0.39, 0.29) is 5.56 Å². The molecule has 1 atom stereocenters. The molecule has 2 aromatic carbocycles. The average molecular weight is 418 g/mol. The molecule has 3 aromatic rings. The van der Waals surface area contributed by atoms with Gasteiger partial charge in [0, 0.05) is 50.0 Å². The maximum absolute atomic E-state index is 11.4.